The predicted octanol–water partition coefficient (Wildman–Crippen LogP) is 2.45. The van der Waals surface area contributed by atoms with Gasteiger partial charge in [0, 0.05) is 0 Å². The van der Waals surface area contributed by atoms with Gasteiger partial charge in [0.15, 0.2) is 5.76 Å². The summed E-state index contributed by atoms with van der Waals surface area (Å²) >= 11 is 0. The van der Waals surface area contributed by atoms with E-state index in [1.165, 1.54) is 12.3 Å². The molecule has 0 aromatic carbocycles. The Morgan fingerprint density at radius 1 is 1.32 bits per heavy atom. The van der Waals surface area contributed by atoms with Crippen molar-refractivity contribution < 1.29 is 18.9 Å². The summed E-state index contributed by atoms with van der Waals surface area (Å²) in [6.45, 7) is 0. The molecule has 0 bridgehead atoms. The highest BCUT2D eigenvalue weighted by Gasteiger charge is 2.28. The molecule has 25 heavy (non-hydrogen) atoms. The number of nitrogens with zero attached hydrogens (tertiary/aromatic N) is 3. The molecule has 1 amide bonds. The van der Waals surface area contributed by atoms with Crippen molar-refractivity contribution in [3.8, 4) is 5.88 Å². The molecule has 0 radical (unpaired) electrons. The van der Waals surface area contributed by atoms with Crippen molar-refractivity contribution in [3.05, 3.63) is 40.6 Å². The predicted molar refractivity (Wildman–Crippen MR) is 86.0 cm³/mol. The number of hydrogen-bond donors (Lipinski definition) is 2. The van der Waals surface area contributed by atoms with E-state index in [0.29, 0.717) is 0 Å². The molecule has 0 spiro atoms. The highest BCUT2D eigenvalue weighted by atomic mass is 16.6. The van der Waals surface area contributed by atoms with Crippen LogP contribution in [0.2, 0.25) is 0 Å². The molecule has 10 nitrogen and oxygen atoms in total. The Hall–Kier alpha value is -3.17. The summed E-state index contributed by atoms with van der Waals surface area (Å²) in [6, 6.07) is 3.02. The standard InChI is InChI=1S/C15H17N5O5/c21-14(11-7-4-8-24-11)19-18-13-12(20(22)23)15(17-9-16-13)25-10-5-2-1-3-6-10/h4,7-10H,1-3,5-6H2,(H,19,21)(H,16,17,18). The largest absolute Gasteiger partial charge is 0.469 e. The van der Waals surface area contributed by atoms with Crippen molar-refractivity contribution in [2.75, 3.05) is 5.43 Å². The number of amides is 1. The normalized spacial score (nSPS) is 14.7. The highest BCUT2D eigenvalue weighted by molar-refractivity contribution is 5.92. The van der Waals surface area contributed by atoms with E-state index < -0.39 is 16.5 Å². The van der Waals surface area contributed by atoms with Gasteiger partial charge in [0.1, 0.15) is 12.4 Å². The van der Waals surface area contributed by atoms with Crippen LogP contribution in [0.3, 0.4) is 0 Å². The molecule has 2 heterocycles. The first kappa shape index (κ1) is 16.7. The molecule has 0 aliphatic heterocycles. The Bertz CT molecular complexity index is 743. The van der Waals surface area contributed by atoms with Crippen LogP contribution < -0.4 is 15.6 Å². The average Bonchev–Trinajstić information content (AvgIpc) is 3.15. The minimum atomic E-state index is -0.639. The molecule has 1 aliphatic carbocycles. The number of furan rings is 1. The van der Waals surface area contributed by atoms with Crippen LogP contribution >= 0.6 is 0 Å². The Morgan fingerprint density at radius 2 is 2.12 bits per heavy atom. The maximum atomic E-state index is 11.9. The van der Waals surface area contributed by atoms with Crippen molar-refractivity contribution in [3.63, 3.8) is 0 Å². The van der Waals surface area contributed by atoms with E-state index >= 15 is 0 Å². The van der Waals surface area contributed by atoms with Crippen LogP contribution in [-0.2, 0) is 0 Å². The number of rotatable bonds is 6. The molecular formula is C15H17N5O5. The average molecular weight is 347 g/mol. The van der Waals surface area contributed by atoms with E-state index in [1.807, 2.05) is 0 Å². The third-order valence-electron chi connectivity index (χ3n) is 3.84. The molecule has 2 N–H and O–H groups in total. The fraction of sp³-hybridized carbons (Fsp3) is 0.400. The Labute approximate surface area is 142 Å². The number of nitrogens with one attached hydrogen (secondary N) is 2. The fourth-order valence-electron chi connectivity index (χ4n) is 2.63. The summed E-state index contributed by atoms with van der Waals surface area (Å²) in [6.07, 6.45) is 7.23. The lowest BCUT2D eigenvalue weighted by Crippen LogP contribution is -2.30. The highest BCUT2D eigenvalue weighted by Crippen LogP contribution is 2.33. The summed E-state index contributed by atoms with van der Waals surface area (Å²) in [7, 11) is 0. The van der Waals surface area contributed by atoms with E-state index in [0.717, 1.165) is 38.4 Å². The molecule has 1 saturated carbocycles. The number of anilines is 1. The molecule has 1 aliphatic rings. The third-order valence-corrected chi connectivity index (χ3v) is 3.84. The first-order chi connectivity index (χ1) is 12.1. The maximum Gasteiger partial charge on any atom is 0.374 e. The van der Waals surface area contributed by atoms with E-state index in [2.05, 4.69) is 20.8 Å². The molecule has 10 heteroatoms. The minimum Gasteiger partial charge on any atom is -0.469 e. The van der Waals surface area contributed by atoms with Gasteiger partial charge < -0.3 is 9.15 Å². The lowest BCUT2D eigenvalue weighted by atomic mass is 9.98. The molecular weight excluding hydrogens is 330 g/mol. The van der Waals surface area contributed by atoms with Gasteiger partial charge in [-0.3, -0.25) is 25.8 Å². The van der Waals surface area contributed by atoms with E-state index in [1.54, 1.807) is 6.07 Å². The second-order valence-electron chi connectivity index (χ2n) is 5.57. The number of ether oxygens (including phenoxy) is 1. The van der Waals surface area contributed by atoms with E-state index in [9.17, 15) is 14.9 Å². The van der Waals surface area contributed by atoms with Gasteiger partial charge in [0.2, 0.25) is 5.82 Å². The molecule has 132 valence electrons. The van der Waals surface area contributed by atoms with Gasteiger partial charge in [-0.05, 0) is 37.8 Å². The van der Waals surface area contributed by atoms with Gasteiger partial charge in [-0.2, -0.15) is 4.98 Å². The fourth-order valence-corrected chi connectivity index (χ4v) is 2.63. The van der Waals surface area contributed by atoms with Crippen molar-refractivity contribution in [1.29, 1.82) is 0 Å². The van der Waals surface area contributed by atoms with Gasteiger partial charge in [-0.1, -0.05) is 6.42 Å². The molecule has 2 aromatic rings. The zero-order valence-corrected chi connectivity index (χ0v) is 13.3. The summed E-state index contributed by atoms with van der Waals surface area (Å²) in [5, 5.41) is 11.4. The van der Waals surface area contributed by atoms with E-state index in [-0.39, 0.29) is 23.6 Å². The van der Waals surface area contributed by atoms with Gasteiger partial charge in [0.05, 0.1) is 11.2 Å². The van der Waals surface area contributed by atoms with Crippen molar-refractivity contribution in [2.24, 2.45) is 0 Å². The zero-order valence-electron chi connectivity index (χ0n) is 13.3. The molecule has 0 unspecified atom stereocenters. The lowest BCUT2D eigenvalue weighted by Gasteiger charge is -2.22. The van der Waals surface area contributed by atoms with Crippen LogP contribution in [-0.4, -0.2) is 26.9 Å². The number of nitro groups is 1. The first-order valence-corrected chi connectivity index (χ1v) is 7.91. The van der Waals surface area contributed by atoms with Gasteiger partial charge >= 0.3 is 11.6 Å². The Kier molecular flexibility index (Phi) is 5.07. The second kappa shape index (κ2) is 7.60. The molecule has 0 atom stereocenters. The summed E-state index contributed by atoms with van der Waals surface area (Å²) in [4.78, 5) is 30.3. The monoisotopic (exact) mass is 347 g/mol. The SMILES string of the molecule is O=C(NNc1ncnc(OC2CCCCC2)c1[N+](=O)[O-])c1ccco1. The molecule has 1 fully saturated rings. The summed E-state index contributed by atoms with van der Waals surface area (Å²) in [5.41, 5.74) is 4.30. The van der Waals surface area contributed by atoms with Gasteiger partial charge in [-0.25, -0.2) is 4.98 Å². The molecule has 3 rings (SSSR count). The van der Waals surface area contributed by atoms with Crippen LogP contribution in [0.4, 0.5) is 11.5 Å². The number of carbonyl (C=O) groups is 1. The summed E-state index contributed by atoms with van der Waals surface area (Å²) < 4.78 is 10.6. The van der Waals surface area contributed by atoms with Crippen LogP contribution in [0.5, 0.6) is 5.88 Å². The van der Waals surface area contributed by atoms with Gasteiger partial charge in [0.25, 0.3) is 5.88 Å². The molecule has 2 aromatic heterocycles. The van der Waals surface area contributed by atoms with Crippen molar-refractivity contribution in [2.45, 2.75) is 38.2 Å². The quantitative estimate of drug-likeness (QED) is 0.601. The second-order valence-corrected chi connectivity index (χ2v) is 5.57. The number of hydrogen-bond acceptors (Lipinski definition) is 8. The van der Waals surface area contributed by atoms with Crippen molar-refractivity contribution >= 4 is 17.4 Å². The maximum absolute atomic E-state index is 11.9. The molecule has 0 saturated heterocycles. The topological polar surface area (TPSA) is 132 Å². The van der Waals surface area contributed by atoms with Crippen LogP contribution in [0.15, 0.2) is 29.1 Å². The smallest absolute Gasteiger partial charge is 0.374 e. The Balaban J connectivity index is 1.75. The number of aromatic nitrogens is 2. The number of hydrazine groups is 1. The van der Waals surface area contributed by atoms with E-state index in [4.69, 9.17) is 9.15 Å². The zero-order chi connectivity index (χ0) is 17.6. The van der Waals surface area contributed by atoms with Crippen molar-refractivity contribution in [1.82, 2.24) is 15.4 Å². The Morgan fingerprint density at radius 3 is 2.80 bits per heavy atom. The van der Waals surface area contributed by atoms with Gasteiger partial charge in [-0.15, -0.1) is 0 Å². The van der Waals surface area contributed by atoms with Crippen LogP contribution in [0, 0.1) is 10.1 Å². The third kappa shape index (κ3) is 4.03. The number of carbonyl (C=O) groups excluding carboxylic acids is 1. The first-order valence-electron chi connectivity index (χ1n) is 7.91. The summed E-state index contributed by atoms with van der Waals surface area (Å²) in [5.74, 6) is -0.803. The van der Waals surface area contributed by atoms with Crippen LogP contribution in [0.25, 0.3) is 0 Å². The lowest BCUT2D eigenvalue weighted by molar-refractivity contribution is -0.385. The van der Waals surface area contributed by atoms with Crippen LogP contribution in [0.1, 0.15) is 42.7 Å². The minimum absolute atomic E-state index is 0.0582.